The normalized spacial score (nSPS) is 24.3. The highest BCUT2D eigenvalue weighted by molar-refractivity contribution is 5.72. The number of carbonyl (C=O) groups is 1. The van der Waals surface area contributed by atoms with E-state index in [0.29, 0.717) is 30.6 Å². The molecule has 3 aliphatic rings. The maximum absolute atomic E-state index is 12.0. The molecule has 6 rings (SSSR count). The van der Waals surface area contributed by atoms with Crippen molar-refractivity contribution in [1.29, 1.82) is 0 Å². The maximum Gasteiger partial charge on any atom is 0.407 e. The Hall–Kier alpha value is -3.14. The lowest BCUT2D eigenvalue weighted by Crippen LogP contribution is -2.37. The first-order valence-corrected chi connectivity index (χ1v) is 10.8. The van der Waals surface area contributed by atoms with Gasteiger partial charge in [0.2, 0.25) is 0 Å². The second-order valence-corrected chi connectivity index (χ2v) is 9.05. The molecular weight excluding hydrogens is 398 g/mol. The van der Waals surface area contributed by atoms with Crippen molar-refractivity contribution in [1.82, 2.24) is 30.1 Å². The molecule has 1 amide bonds. The zero-order valence-electron chi connectivity index (χ0n) is 17.3. The number of anilines is 2. The van der Waals surface area contributed by atoms with Gasteiger partial charge in [0.25, 0.3) is 0 Å². The molecule has 0 bridgehead atoms. The molecule has 10 heteroatoms. The predicted molar refractivity (Wildman–Crippen MR) is 111 cm³/mol. The average molecular weight is 423 g/mol. The topological polar surface area (TPSA) is 118 Å². The van der Waals surface area contributed by atoms with Crippen LogP contribution in [0.2, 0.25) is 0 Å². The minimum absolute atomic E-state index is 0.0915. The van der Waals surface area contributed by atoms with E-state index < -0.39 is 0 Å². The van der Waals surface area contributed by atoms with E-state index in [1.54, 1.807) is 6.20 Å². The summed E-state index contributed by atoms with van der Waals surface area (Å²) in [4.78, 5) is 16.5. The molecule has 31 heavy (non-hydrogen) atoms. The van der Waals surface area contributed by atoms with Gasteiger partial charge >= 0.3 is 6.09 Å². The standard InChI is InChI=1S/C21H25N7O3/c1-21(4-5-21)24-20(29)31-13-8-17(30-11-13)15-10-18(26-25-15)23-19-16-9-14(12-2-3-12)27-28(16)7-6-22-19/h6-7,9-10,12-13,17H,2-5,8,11H2,1H3,(H,24,29)(H2,22,23,25,26)/t13-,17-/m1/s1. The maximum atomic E-state index is 12.0. The highest BCUT2D eigenvalue weighted by Crippen LogP contribution is 2.40. The lowest BCUT2D eigenvalue weighted by Gasteiger charge is -2.15. The Kier molecular flexibility index (Phi) is 4.17. The van der Waals surface area contributed by atoms with Gasteiger partial charge in [-0.1, -0.05) is 0 Å². The summed E-state index contributed by atoms with van der Waals surface area (Å²) in [5, 5.41) is 18.2. The van der Waals surface area contributed by atoms with Gasteiger partial charge in [-0.2, -0.15) is 10.2 Å². The minimum atomic E-state index is -0.369. The fourth-order valence-corrected chi connectivity index (χ4v) is 3.94. The second-order valence-electron chi connectivity index (χ2n) is 9.05. The molecule has 162 valence electrons. The smallest absolute Gasteiger partial charge is 0.407 e. The zero-order chi connectivity index (χ0) is 21.0. The first kappa shape index (κ1) is 18.6. The summed E-state index contributed by atoms with van der Waals surface area (Å²) in [7, 11) is 0. The van der Waals surface area contributed by atoms with Crippen LogP contribution in [0, 0.1) is 0 Å². The Morgan fingerprint density at radius 1 is 1.35 bits per heavy atom. The van der Waals surface area contributed by atoms with Crippen LogP contribution >= 0.6 is 0 Å². The molecule has 10 nitrogen and oxygen atoms in total. The van der Waals surface area contributed by atoms with Gasteiger partial charge in [0.05, 0.1) is 18.0 Å². The lowest BCUT2D eigenvalue weighted by atomic mass is 10.1. The van der Waals surface area contributed by atoms with Crippen molar-refractivity contribution in [2.45, 2.75) is 62.7 Å². The molecule has 2 aliphatic carbocycles. The third-order valence-corrected chi connectivity index (χ3v) is 6.23. The number of fused-ring (bicyclic) bond motifs is 1. The quantitative estimate of drug-likeness (QED) is 0.557. The number of amides is 1. The Labute approximate surface area is 178 Å². The van der Waals surface area contributed by atoms with E-state index in [2.05, 4.69) is 37.0 Å². The van der Waals surface area contributed by atoms with Crippen LogP contribution in [0.15, 0.2) is 24.5 Å². The van der Waals surface area contributed by atoms with Crippen LogP contribution in [0.3, 0.4) is 0 Å². The van der Waals surface area contributed by atoms with E-state index in [9.17, 15) is 4.79 Å². The molecular formula is C21H25N7O3. The van der Waals surface area contributed by atoms with Gasteiger partial charge in [-0.05, 0) is 38.7 Å². The number of ether oxygens (including phenoxy) is 2. The predicted octanol–water partition coefficient (Wildman–Crippen LogP) is 3.18. The van der Waals surface area contributed by atoms with E-state index in [0.717, 1.165) is 29.7 Å². The Morgan fingerprint density at radius 2 is 2.23 bits per heavy atom. The van der Waals surface area contributed by atoms with Crippen LogP contribution in [0.25, 0.3) is 5.52 Å². The number of nitrogens with one attached hydrogen (secondary N) is 3. The van der Waals surface area contributed by atoms with Gasteiger partial charge in [-0.15, -0.1) is 0 Å². The summed E-state index contributed by atoms with van der Waals surface area (Å²) >= 11 is 0. The Balaban J connectivity index is 1.10. The number of hydrogen-bond acceptors (Lipinski definition) is 7. The lowest BCUT2D eigenvalue weighted by molar-refractivity contribution is 0.0675. The van der Waals surface area contributed by atoms with Crippen LogP contribution in [0.5, 0.6) is 0 Å². The largest absolute Gasteiger partial charge is 0.444 e. The van der Waals surface area contributed by atoms with Crippen molar-refractivity contribution in [3.05, 3.63) is 35.9 Å². The number of aromatic amines is 1. The fourth-order valence-electron chi connectivity index (χ4n) is 3.94. The number of alkyl carbamates (subject to hydrolysis) is 1. The van der Waals surface area contributed by atoms with Gasteiger partial charge < -0.3 is 20.1 Å². The van der Waals surface area contributed by atoms with Gasteiger partial charge in [-0.3, -0.25) is 5.10 Å². The Morgan fingerprint density at radius 3 is 3.03 bits per heavy atom. The molecule has 4 heterocycles. The molecule has 0 spiro atoms. The molecule has 1 saturated heterocycles. The molecule has 0 radical (unpaired) electrons. The van der Waals surface area contributed by atoms with Gasteiger partial charge in [0.15, 0.2) is 11.6 Å². The number of nitrogens with zero attached hydrogens (tertiary/aromatic N) is 4. The van der Waals surface area contributed by atoms with Gasteiger partial charge in [0, 0.05) is 36.3 Å². The van der Waals surface area contributed by atoms with Crippen molar-refractivity contribution in [2.75, 3.05) is 11.9 Å². The SMILES string of the molecule is CC1(NC(=O)O[C@H]2CO[C@@H](c3cc(Nc4nccn5nc(C6CC6)cc45)n[nH]3)C2)CC1. The fraction of sp³-hybridized carbons (Fsp3) is 0.524. The summed E-state index contributed by atoms with van der Waals surface area (Å²) < 4.78 is 13.2. The van der Waals surface area contributed by atoms with Crippen molar-refractivity contribution in [3.63, 3.8) is 0 Å². The van der Waals surface area contributed by atoms with E-state index >= 15 is 0 Å². The number of aromatic nitrogens is 5. The van der Waals surface area contributed by atoms with E-state index in [1.165, 1.54) is 12.8 Å². The zero-order valence-corrected chi connectivity index (χ0v) is 17.3. The van der Waals surface area contributed by atoms with Crippen LogP contribution in [0.4, 0.5) is 16.4 Å². The summed E-state index contributed by atoms with van der Waals surface area (Å²) in [6.07, 6.45) is 7.74. The Bertz CT molecular complexity index is 1130. The average Bonchev–Trinajstić information content (AvgIpc) is 3.52. The van der Waals surface area contributed by atoms with Gasteiger partial charge in [0.1, 0.15) is 17.7 Å². The molecule has 3 fully saturated rings. The van der Waals surface area contributed by atoms with Crippen molar-refractivity contribution in [2.24, 2.45) is 0 Å². The number of H-pyrrole nitrogens is 1. The second kappa shape index (κ2) is 6.94. The molecule has 1 aliphatic heterocycles. The first-order chi connectivity index (χ1) is 15.0. The third kappa shape index (κ3) is 3.83. The monoisotopic (exact) mass is 423 g/mol. The number of carbonyl (C=O) groups excluding carboxylic acids is 1. The number of rotatable bonds is 6. The highest BCUT2D eigenvalue weighted by atomic mass is 16.6. The summed E-state index contributed by atoms with van der Waals surface area (Å²) in [6, 6.07) is 4.00. The summed E-state index contributed by atoms with van der Waals surface area (Å²) in [5.74, 6) is 1.93. The van der Waals surface area contributed by atoms with Crippen LogP contribution in [0.1, 0.15) is 62.4 Å². The van der Waals surface area contributed by atoms with Crippen molar-refractivity contribution in [3.8, 4) is 0 Å². The molecule has 2 saturated carbocycles. The summed E-state index contributed by atoms with van der Waals surface area (Å²) in [5.41, 5.74) is 2.78. The number of hydrogen-bond donors (Lipinski definition) is 3. The molecule has 0 aromatic carbocycles. The highest BCUT2D eigenvalue weighted by Gasteiger charge is 2.40. The van der Waals surface area contributed by atoms with Gasteiger partial charge in [-0.25, -0.2) is 14.3 Å². The van der Waals surface area contributed by atoms with Crippen LogP contribution in [-0.2, 0) is 9.47 Å². The molecule has 3 aromatic rings. The molecule has 3 aromatic heterocycles. The summed E-state index contributed by atoms with van der Waals surface area (Å²) in [6.45, 7) is 2.39. The van der Waals surface area contributed by atoms with E-state index in [-0.39, 0.29) is 23.8 Å². The van der Waals surface area contributed by atoms with Crippen molar-refractivity contribution < 1.29 is 14.3 Å². The third-order valence-electron chi connectivity index (χ3n) is 6.23. The first-order valence-electron chi connectivity index (χ1n) is 10.8. The van der Waals surface area contributed by atoms with E-state index in [4.69, 9.17) is 9.47 Å². The van der Waals surface area contributed by atoms with Crippen LogP contribution in [-0.4, -0.2) is 49.1 Å². The van der Waals surface area contributed by atoms with Crippen molar-refractivity contribution >= 4 is 23.2 Å². The van der Waals surface area contributed by atoms with E-state index in [1.807, 2.05) is 23.7 Å². The van der Waals surface area contributed by atoms with Crippen LogP contribution < -0.4 is 10.6 Å². The minimum Gasteiger partial charge on any atom is -0.444 e. The molecule has 2 atom stereocenters. The molecule has 0 unspecified atom stereocenters. The molecule has 3 N–H and O–H groups in total.